The average Bonchev–Trinajstić information content (AvgIpc) is 2.43. The highest BCUT2D eigenvalue weighted by atomic mass is 16.6. The van der Waals surface area contributed by atoms with Gasteiger partial charge in [-0.3, -0.25) is 14.9 Å². The first-order valence-corrected chi connectivity index (χ1v) is 7.25. The molecule has 114 valence electrons. The number of nitro groups is 1. The van der Waals surface area contributed by atoms with Gasteiger partial charge in [0.1, 0.15) is 5.69 Å². The summed E-state index contributed by atoms with van der Waals surface area (Å²) in [6, 6.07) is 4.55. The maximum atomic E-state index is 11.2. The maximum absolute atomic E-state index is 11.2. The van der Waals surface area contributed by atoms with Crippen molar-refractivity contribution in [1.29, 1.82) is 0 Å². The number of amides is 1. The molecule has 0 saturated heterocycles. The number of anilines is 1. The van der Waals surface area contributed by atoms with Crippen LogP contribution >= 0.6 is 0 Å². The summed E-state index contributed by atoms with van der Waals surface area (Å²) in [7, 11) is 0. The van der Waals surface area contributed by atoms with Crippen LogP contribution < -0.4 is 11.1 Å². The Morgan fingerprint density at radius 2 is 2.10 bits per heavy atom. The number of hydrogen-bond donors (Lipinski definition) is 2. The summed E-state index contributed by atoms with van der Waals surface area (Å²) < 4.78 is 0. The molecule has 0 spiro atoms. The van der Waals surface area contributed by atoms with Gasteiger partial charge < -0.3 is 11.1 Å². The Kier molecular flexibility index (Phi) is 4.45. The van der Waals surface area contributed by atoms with E-state index in [1.54, 1.807) is 6.07 Å². The molecule has 3 unspecified atom stereocenters. The minimum absolute atomic E-state index is 0.100. The molecule has 6 nitrogen and oxygen atoms in total. The van der Waals surface area contributed by atoms with E-state index in [1.807, 2.05) is 0 Å². The van der Waals surface area contributed by atoms with Gasteiger partial charge in [-0.25, -0.2) is 0 Å². The second-order valence-corrected chi connectivity index (χ2v) is 5.87. The molecule has 1 aromatic rings. The van der Waals surface area contributed by atoms with Crippen molar-refractivity contribution in [1.82, 2.24) is 0 Å². The molecule has 0 bridgehead atoms. The molecule has 1 saturated carbocycles. The first-order chi connectivity index (χ1) is 9.90. The van der Waals surface area contributed by atoms with Gasteiger partial charge in [0.2, 0.25) is 5.91 Å². The zero-order valence-corrected chi connectivity index (χ0v) is 12.3. The third-order valence-electron chi connectivity index (χ3n) is 4.53. The number of hydrogen-bond acceptors (Lipinski definition) is 4. The Morgan fingerprint density at radius 1 is 1.38 bits per heavy atom. The molecule has 3 atom stereocenters. The fraction of sp³-hybridized carbons (Fsp3) is 0.533. The van der Waals surface area contributed by atoms with Crippen LogP contribution in [0.25, 0.3) is 0 Å². The number of nitrogens with one attached hydrogen (secondary N) is 1. The lowest BCUT2D eigenvalue weighted by Crippen LogP contribution is -2.35. The van der Waals surface area contributed by atoms with E-state index >= 15 is 0 Å². The Hall–Kier alpha value is -2.11. The number of carbonyl (C=O) groups excluding carboxylic acids is 1. The minimum Gasteiger partial charge on any atom is -0.376 e. The van der Waals surface area contributed by atoms with Gasteiger partial charge in [-0.2, -0.15) is 0 Å². The summed E-state index contributed by atoms with van der Waals surface area (Å²) >= 11 is 0. The molecule has 0 aliphatic heterocycles. The minimum atomic E-state index is -0.663. The molecule has 2 rings (SSSR count). The number of rotatable bonds is 4. The highest BCUT2D eigenvalue weighted by Crippen LogP contribution is 2.34. The second kappa shape index (κ2) is 6.11. The van der Waals surface area contributed by atoms with Crippen molar-refractivity contribution in [3.8, 4) is 0 Å². The number of nitrogens with zero attached hydrogens (tertiary/aromatic N) is 1. The first-order valence-electron chi connectivity index (χ1n) is 7.25. The molecular weight excluding hydrogens is 270 g/mol. The van der Waals surface area contributed by atoms with Gasteiger partial charge >= 0.3 is 0 Å². The topological polar surface area (TPSA) is 98.3 Å². The molecule has 0 heterocycles. The highest BCUT2D eigenvalue weighted by Gasteiger charge is 2.28. The largest absolute Gasteiger partial charge is 0.376 e. The van der Waals surface area contributed by atoms with Crippen LogP contribution in [-0.2, 0) is 0 Å². The predicted octanol–water partition coefficient (Wildman–Crippen LogP) is 2.93. The molecule has 0 aromatic heterocycles. The van der Waals surface area contributed by atoms with Crippen molar-refractivity contribution in [3.05, 3.63) is 33.9 Å². The monoisotopic (exact) mass is 291 g/mol. The van der Waals surface area contributed by atoms with Gasteiger partial charge in [0.05, 0.1) is 4.92 Å². The van der Waals surface area contributed by atoms with E-state index in [-0.39, 0.29) is 17.3 Å². The molecule has 21 heavy (non-hydrogen) atoms. The summed E-state index contributed by atoms with van der Waals surface area (Å²) in [5, 5.41) is 14.5. The van der Waals surface area contributed by atoms with Gasteiger partial charge in [-0.1, -0.05) is 26.7 Å². The Balaban J connectivity index is 2.27. The first kappa shape index (κ1) is 15.3. The molecule has 1 amide bonds. The predicted molar refractivity (Wildman–Crippen MR) is 81.2 cm³/mol. The van der Waals surface area contributed by atoms with E-state index in [1.165, 1.54) is 18.6 Å². The lowest BCUT2D eigenvalue weighted by molar-refractivity contribution is -0.384. The van der Waals surface area contributed by atoms with Crippen molar-refractivity contribution < 1.29 is 9.72 Å². The van der Waals surface area contributed by atoms with Crippen molar-refractivity contribution in [2.45, 2.75) is 39.2 Å². The van der Waals surface area contributed by atoms with E-state index in [9.17, 15) is 14.9 Å². The van der Waals surface area contributed by atoms with E-state index in [4.69, 9.17) is 5.73 Å². The third-order valence-corrected chi connectivity index (χ3v) is 4.53. The van der Waals surface area contributed by atoms with Crippen LogP contribution in [-0.4, -0.2) is 16.9 Å². The van der Waals surface area contributed by atoms with Crippen molar-refractivity contribution >= 4 is 17.3 Å². The fourth-order valence-electron chi connectivity index (χ4n) is 2.94. The highest BCUT2D eigenvalue weighted by molar-refractivity contribution is 5.94. The van der Waals surface area contributed by atoms with Crippen LogP contribution in [0.2, 0.25) is 0 Å². The normalized spacial score (nSPS) is 25.3. The second-order valence-electron chi connectivity index (χ2n) is 5.87. The van der Waals surface area contributed by atoms with Gasteiger partial charge in [0.15, 0.2) is 0 Å². The van der Waals surface area contributed by atoms with Crippen molar-refractivity contribution in [2.75, 3.05) is 5.32 Å². The Morgan fingerprint density at radius 3 is 2.71 bits per heavy atom. The van der Waals surface area contributed by atoms with Crippen LogP contribution in [0.4, 0.5) is 11.4 Å². The van der Waals surface area contributed by atoms with Crippen molar-refractivity contribution in [3.63, 3.8) is 0 Å². The lowest BCUT2D eigenvalue weighted by Gasteiger charge is -2.35. The Labute approximate surface area is 123 Å². The zero-order chi connectivity index (χ0) is 15.6. The smallest absolute Gasteiger partial charge is 0.293 e. The molecule has 3 N–H and O–H groups in total. The molecule has 1 aliphatic rings. The summed E-state index contributed by atoms with van der Waals surface area (Å²) in [5.41, 5.74) is 5.68. The standard InChI is InChI=1S/C15H21N3O3/c1-9-4-3-5-12(10(9)2)17-13-7-6-11(15(16)19)8-14(13)18(20)21/h6-10,12,17H,3-5H2,1-2H3,(H2,16,19). The molecule has 0 radical (unpaired) electrons. The zero-order valence-electron chi connectivity index (χ0n) is 12.3. The average molecular weight is 291 g/mol. The number of nitrogens with two attached hydrogens (primary N) is 1. The van der Waals surface area contributed by atoms with E-state index < -0.39 is 10.8 Å². The lowest BCUT2D eigenvalue weighted by atomic mass is 9.78. The van der Waals surface area contributed by atoms with Crippen LogP contribution in [0.5, 0.6) is 0 Å². The summed E-state index contributed by atoms with van der Waals surface area (Å²) in [5.74, 6) is 0.388. The van der Waals surface area contributed by atoms with E-state index in [0.29, 0.717) is 17.5 Å². The molecule has 1 aliphatic carbocycles. The van der Waals surface area contributed by atoms with Gasteiger partial charge in [0, 0.05) is 17.7 Å². The van der Waals surface area contributed by atoms with E-state index in [2.05, 4.69) is 19.2 Å². The van der Waals surface area contributed by atoms with Crippen molar-refractivity contribution in [2.24, 2.45) is 17.6 Å². The summed E-state index contributed by atoms with van der Waals surface area (Å²) in [6.45, 7) is 4.38. The maximum Gasteiger partial charge on any atom is 0.293 e. The molecule has 1 aromatic carbocycles. The molecular formula is C15H21N3O3. The van der Waals surface area contributed by atoms with Crippen LogP contribution in [0.3, 0.4) is 0 Å². The quantitative estimate of drug-likeness (QED) is 0.658. The number of nitro benzene ring substituents is 1. The molecule has 1 fully saturated rings. The summed E-state index contributed by atoms with van der Waals surface area (Å²) in [6.07, 6.45) is 3.32. The summed E-state index contributed by atoms with van der Waals surface area (Å²) in [4.78, 5) is 21.9. The number of primary amides is 1. The Bertz CT molecular complexity index is 559. The van der Waals surface area contributed by atoms with Gasteiger partial charge in [-0.15, -0.1) is 0 Å². The van der Waals surface area contributed by atoms with Crippen LogP contribution in [0, 0.1) is 22.0 Å². The third kappa shape index (κ3) is 3.32. The number of benzene rings is 1. The SMILES string of the molecule is CC1CCCC(Nc2ccc(C(N)=O)cc2[N+](=O)[O-])C1C. The van der Waals surface area contributed by atoms with Crippen LogP contribution in [0.15, 0.2) is 18.2 Å². The van der Waals surface area contributed by atoms with Crippen LogP contribution in [0.1, 0.15) is 43.5 Å². The fourth-order valence-corrected chi connectivity index (χ4v) is 2.94. The molecule has 6 heteroatoms. The van der Waals surface area contributed by atoms with E-state index in [0.717, 1.165) is 12.8 Å². The van der Waals surface area contributed by atoms with Gasteiger partial charge in [0.25, 0.3) is 5.69 Å². The van der Waals surface area contributed by atoms with Gasteiger partial charge in [-0.05, 0) is 30.4 Å². The number of carbonyl (C=O) groups is 1.